The van der Waals surface area contributed by atoms with Gasteiger partial charge in [-0.15, -0.1) is 0 Å². The zero-order chi connectivity index (χ0) is 19.5. The second-order valence-corrected chi connectivity index (χ2v) is 9.44. The maximum absolute atomic E-state index is 11.8. The summed E-state index contributed by atoms with van der Waals surface area (Å²) in [6, 6.07) is 9.09. The summed E-state index contributed by atoms with van der Waals surface area (Å²) >= 11 is 0. The number of nitrogens with zero attached hydrogens (tertiary/aromatic N) is 2. The molecule has 1 aromatic rings. The number of hydrogen-bond acceptors (Lipinski definition) is 5. The van der Waals surface area contributed by atoms with Crippen LogP contribution in [0.2, 0.25) is 0 Å². The first kappa shape index (κ1) is 20.7. The zero-order valence-electron chi connectivity index (χ0n) is 15.8. The van der Waals surface area contributed by atoms with E-state index >= 15 is 0 Å². The molecule has 146 valence electrons. The lowest BCUT2D eigenvalue weighted by atomic mass is 9.79. The molecule has 1 aliphatic heterocycles. The molecule has 0 aromatic heterocycles. The lowest BCUT2D eigenvalue weighted by Gasteiger charge is -2.51. The van der Waals surface area contributed by atoms with Crippen molar-refractivity contribution >= 4 is 16.2 Å². The van der Waals surface area contributed by atoms with Gasteiger partial charge in [0.15, 0.2) is 0 Å². The van der Waals surface area contributed by atoms with Crippen LogP contribution in [0.15, 0.2) is 30.3 Å². The number of carboxylic acid groups (broad SMARTS) is 1. The summed E-state index contributed by atoms with van der Waals surface area (Å²) in [7, 11) is -3.62. The van der Waals surface area contributed by atoms with Crippen molar-refractivity contribution in [2.45, 2.75) is 39.4 Å². The molecule has 2 atom stereocenters. The fourth-order valence-electron chi connectivity index (χ4n) is 3.61. The van der Waals surface area contributed by atoms with E-state index in [1.807, 2.05) is 51.1 Å². The van der Waals surface area contributed by atoms with E-state index in [0.29, 0.717) is 19.6 Å². The van der Waals surface area contributed by atoms with Gasteiger partial charge in [0.05, 0.1) is 24.9 Å². The molecule has 0 saturated carbocycles. The van der Waals surface area contributed by atoms with Crippen LogP contribution in [-0.2, 0) is 20.8 Å². The molecule has 0 spiro atoms. The van der Waals surface area contributed by atoms with Gasteiger partial charge in [-0.3, -0.25) is 9.08 Å². The molecule has 1 fully saturated rings. The van der Waals surface area contributed by atoms with Crippen molar-refractivity contribution in [3.63, 3.8) is 0 Å². The number of carbonyl (C=O) groups is 1. The molecule has 1 N–H and O–H groups in total. The van der Waals surface area contributed by atoms with Gasteiger partial charge >= 0.3 is 6.09 Å². The van der Waals surface area contributed by atoms with Gasteiger partial charge in [-0.1, -0.05) is 51.1 Å². The first-order chi connectivity index (χ1) is 12.0. The average Bonchev–Trinajstić information content (AvgIpc) is 2.52. The van der Waals surface area contributed by atoms with Crippen molar-refractivity contribution in [3.05, 3.63) is 35.9 Å². The monoisotopic (exact) mass is 384 g/mol. The molecule has 1 heterocycles. The summed E-state index contributed by atoms with van der Waals surface area (Å²) in [6.45, 7) is 7.33. The van der Waals surface area contributed by atoms with E-state index < -0.39 is 16.2 Å². The predicted octanol–water partition coefficient (Wildman–Crippen LogP) is 2.24. The van der Waals surface area contributed by atoms with Crippen LogP contribution < -0.4 is 0 Å². The highest BCUT2D eigenvalue weighted by Gasteiger charge is 2.45. The van der Waals surface area contributed by atoms with Crippen LogP contribution in [0.3, 0.4) is 0 Å². The lowest BCUT2D eigenvalue weighted by molar-refractivity contribution is -0.0394. The molecule has 1 aromatic carbocycles. The molecule has 26 heavy (non-hydrogen) atoms. The second-order valence-electron chi connectivity index (χ2n) is 7.80. The van der Waals surface area contributed by atoms with Crippen molar-refractivity contribution in [1.29, 1.82) is 0 Å². The van der Waals surface area contributed by atoms with Gasteiger partial charge in [0, 0.05) is 19.6 Å². The Bertz CT molecular complexity index is 715. The maximum atomic E-state index is 11.8. The van der Waals surface area contributed by atoms with Crippen LogP contribution in [0.1, 0.15) is 26.3 Å². The van der Waals surface area contributed by atoms with E-state index in [0.717, 1.165) is 11.8 Å². The number of rotatable bonds is 5. The molecule has 0 aliphatic carbocycles. The van der Waals surface area contributed by atoms with E-state index in [2.05, 4.69) is 4.90 Å². The van der Waals surface area contributed by atoms with Crippen LogP contribution in [0, 0.1) is 5.41 Å². The van der Waals surface area contributed by atoms with E-state index in [4.69, 9.17) is 4.18 Å². The molecule has 7 nitrogen and oxygen atoms in total. The highest BCUT2D eigenvalue weighted by molar-refractivity contribution is 7.85. The molecule has 1 amide bonds. The SMILES string of the molecule is CC(C)(C)C1C(COS(C)(=O)=O)N(Cc2ccccc2)CCN1C(=O)O. The highest BCUT2D eigenvalue weighted by Crippen LogP contribution is 2.33. The van der Waals surface area contributed by atoms with Gasteiger partial charge in [-0.2, -0.15) is 8.42 Å². The Morgan fingerprint density at radius 3 is 2.35 bits per heavy atom. The molecule has 0 radical (unpaired) electrons. The summed E-state index contributed by atoms with van der Waals surface area (Å²) in [5, 5.41) is 9.64. The van der Waals surface area contributed by atoms with Crippen molar-refractivity contribution < 1.29 is 22.5 Å². The molecule has 8 heteroatoms. The van der Waals surface area contributed by atoms with Crippen LogP contribution >= 0.6 is 0 Å². The molecule has 2 rings (SSSR count). The van der Waals surface area contributed by atoms with Crippen molar-refractivity contribution in [2.75, 3.05) is 26.0 Å². The molecule has 1 saturated heterocycles. The minimum atomic E-state index is -3.62. The predicted molar refractivity (Wildman–Crippen MR) is 99.4 cm³/mol. The second kappa shape index (κ2) is 7.94. The third-order valence-electron chi connectivity index (χ3n) is 4.61. The summed E-state index contributed by atoms with van der Waals surface area (Å²) < 4.78 is 28.2. The van der Waals surface area contributed by atoms with Crippen molar-refractivity contribution in [1.82, 2.24) is 9.80 Å². The van der Waals surface area contributed by atoms with Gasteiger partial charge in [-0.25, -0.2) is 4.79 Å². The fourth-order valence-corrected chi connectivity index (χ4v) is 4.00. The van der Waals surface area contributed by atoms with E-state index in [-0.39, 0.29) is 24.1 Å². The van der Waals surface area contributed by atoms with E-state index in [1.54, 1.807) is 0 Å². The average molecular weight is 384 g/mol. The quantitative estimate of drug-likeness (QED) is 0.784. The Hall–Kier alpha value is -1.64. The third kappa shape index (κ3) is 5.43. The standard InChI is InChI=1S/C18H28N2O5S/c1-18(2,3)16-15(13-25-26(4,23)24)19(10-11-20(16)17(21)22)12-14-8-6-5-7-9-14/h5-9,15-16H,10-13H2,1-4H3,(H,21,22). The van der Waals surface area contributed by atoms with Gasteiger partial charge in [0.1, 0.15) is 0 Å². The summed E-state index contributed by atoms with van der Waals surface area (Å²) in [5.74, 6) is 0. The largest absolute Gasteiger partial charge is 0.465 e. The van der Waals surface area contributed by atoms with Crippen LogP contribution in [0.5, 0.6) is 0 Å². The smallest absolute Gasteiger partial charge is 0.407 e. The Balaban J connectivity index is 2.34. The summed E-state index contributed by atoms with van der Waals surface area (Å²) in [5.41, 5.74) is 0.715. The summed E-state index contributed by atoms with van der Waals surface area (Å²) in [6.07, 6.45) is 0.0203. The Kier molecular flexibility index (Phi) is 6.31. The number of hydrogen-bond donors (Lipinski definition) is 1. The number of benzene rings is 1. The Morgan fingerprint density at radius 2 is 1.85 bits per heavy atom. The van der Waals surface area contributed by atoms with Crippen LogP contribution in [-0.4, -0.2) is 67.5 Å². The Morgan fingerprint density at radius 1 is 1.23 bits per heavy atom. The van der Waals surface area contributed by atoms with Gasteiger partial charge in [0.2, 0.25) is 0 Å². The molecule has 1 aliphatic rings. The number of piperazine rings is 1. The molecule has 0 bridgehead atoms. The fraction of sp³-hybridized carbons (Fsp3) is 0.611. The topological polar surface area (TPSA) is 87.2 Å². The summed E-state index contributed by atoms with van der Waals surface area (Å²) in [4.78, 5) is 15.3. The molecule has 2 unspecified atom stereocenters. The number of amides is 1. The van der Waals surface area contributed by atoms with Crippen molar-refractivity contribution in [2.24, 2.45) is 5.41 Å². The maximum Gasteiger partial charge on any atom is 0.407 e. The highest BCUT2D eigenvalue weighted by atomic mass is 32.2. The van der Waals surface area contributed by atoms with E-state index in [1.165, 1.54) is 4.90 Å². The van der Waals surface area contributed by atoms with Crippen molar-refractivity contribution in [3.8, 4) is 0 Å². The first-order valence-electron chi connectivity index (χ1n) is 8.61. The molecular weight excluding hydrogens is 356 g/mol. The minimum Gasteiger partial charge on any atom is -0.465 e. The Labute approximate surface area is 155 Å². The minimum absolute atomic E-state index is 0.0720. The van der Waals surface area contributed by atoms with Gasteiger partial charge < -0.3 is 10.0 Å². The third-order valence-corrected chi connectivity index (χ3v) is 5.18. The lowest BCUT2D eigenvalue weighted by Crippen LogP contribution is -2.66. The van der Waals surface area contributed by atoms with Crippen LogP contribution in [0.25, 0.3) is 0 Å². The van der Waals surface area contributed by atoms with Gasteiger partial charge in [-0.05, 0) is 11.0 Å². The zero-order valence-corrected chi connectivity index (χ0v) is 16.6. The first-order valence-corrected chi connectivity index (χ1v) is 10.4. The molecular formula is C18H28N2O5S. The normalized spacial score (nSPS) is 22.4. The van der Waals surface area contributed by atoms with E-state index in [9.17, 15) is 18.3 Å². The van der Waals surface area contributed by atoms with Gasteiger partial charge in [0.25, 0.3) is 10.1 Å². The van der Waals surface area contributed by atoms with Crippen LogP contribution in [0.4, 0.5) is 4.79 Å².